The molecular weight excluding hydrogens is 420 g/mol. The maximum atomic E-state index is 12.2. The van der Waals surface area contributed by atoms with Crippen molar-refractivity contribution in [2.24, 2.45) is 0 Å². The van der Waals surface area contributed by atoms with Gasteiger partial charge in [-0.05, 0) is 43.5 Å². The molecule has 0 aliphatic carbocycles. The van der Waals surface area contributed by atoms with Crippen molar-refractivity contribution in [3.63, 3.8) is 0 Å². The molecule has 0 saturated carbocycles. The number of ether oxygens (including phenoxy) is 2. The fraction of sp³-hybridized carbons (Fsp3) is 0.389. The lowest BCUT2D eigenvalue weighted by Gasteiger charge is -2.14. The van der Waals surface area contributed by atoms with E-state index in [1.54, 1.807) is 13.8 Å². The standard InChI is InChI=1S/C18H21BrN2O4S/c1-5-24-17(23)16-11(4)20-18(26-16)21-15(22)9-25-14-7-6-12(19)8-13(14)10(2)3/h6-8,10H,5,9H2,1-4H3,(H,20,21,22). The molecule has 0 bridgehead atoms. The molecule has 0 saturated heterocycles. The first-order valence-corrected chi connectivity index (χ1v) is 9.79. The number of nitrogens with zero attached hydrogens (tertiary/aromatic N) is 1. The molecule has 0 radical (unpaired) electrons. The molecule has 6 nitrogen and oxygen atoms in total. The molecule has 1 aromatic carbocycles. The van der Waals surface area contributed by atoms with Gasteiger partial charge in [0, 0.05) is 4.47 Å². The van der Waals surface area contributed by atoms with Gasteiger partial charge in [-0.1, -0.05) is 41.1 Å². The van der Waals surface area contributed by atoms with Crippen molar-refractivity contribution >= 4 is 44.3 Å². The molecule has 140 valence electrons. The molecule has 0 aliphatic rings. The van der Waals surface area contributed by atoms with Crippen molar-refractivity contribution in [1.29, 1.82) is 0 Å². The summed E-state index contributed by atoms with van der Waals surface area (Å²) in [7, 11) is 0. The zero-order valence-electron chi connectivity index (χ0n) is 15.1. The summed E-state index contributed by atoms with van der Waals surface area (Å²) in [5, 5.41) is 3.00. The lowest BCUT2D eigenvalue weighted by Crippen LogP contribution is -2.20. The van der Waals surface area contributed by atoms with Crippen LogP contribution in [-0.4, -0.2) is 30.1 Å². The number of aryl methyl sites for hydroxylation is 1. The Morgan fingerprint density at radius 2 is 2.08 bits per heavy atom. The SMILES string of the molecule is CCOC(=O)c1sc(NC(=O)COc2ccc(Br)cc2C(C)C)nc1C. The van der Waals surface area contributed by atoms with Crippen LogP contribution < -0.4 is 10.1 Å². The molecule has 1 N–H and O–H groups in total. The van der Waals surface area contributed by atoms with Crippen LogP contribution in [0.5, 0.6) is 5.75 Å². The number of halogens is 1. The third-order valence-corrected chi connectivity index (χ3v) is 5.00. The highest BCUT2D eigenvalue weighted by Gasteiger charge is 2.18. The van der Waals surface area contributed by atoms with Crippen molar-refractivity contribution < 1.29 is 19.1 Å². The molecule has 1 amide bonds. The quantitative estimate of drug-likeness (QED) is 0.639. The van der Waals surface area contributed by atoms with Gasteiger partial charge in [0.05, 0.1) is 12.3 Å². The Hall–Kier alpha value is -1.93. The number of nitrogens with one attached hydrogen (secondary N) is 1. The lowest BCUT2D eigenvalue weighted by molar-refractivity contribution is -0.118. The first-order chi connectivity index (χ1) is 12.3. The van der Waals surface area contributed by atoms with Crippen LogP contribution in [-0.2, 0) is 9.53 Å². The van der Waals surface area contributed by atoms with E-state index in [4.69, 9.17) is 9.47 Å². The minimum atomic E-state index is -0.435. The molecule has 26 heavy (non-hydrogen) atoms. The Kier molecular flexibility index (Phi) is 7.16. The number of hydrogen-bond acceptors (Lipinski definition) is 6. The van der Waals surface area contributed by atoms with E-state index in [2.05, 4.69) is 40.1 Å². The average molecular weight is 441 g/mol. The summed E-state index contributed by atoms with van der Waals surface area (Å²) in [5.41, 5.74) is 1.54. The molecule has 0 fully saturated rings. The molecule has 2 aromatic rings. The number of carbonyl (C=O) groups excluding carboxylic acids is 2. The van der Waals surface area contributed by atoms with Crippen molar-refractivity contribution in [3.05, 3.63) is 38.8 Å². The van der Waals surface area contributed by atoms with E-state index in [0.29, 0.717) is 21.5 Å². The van der Waals surface area contributed by atoms with E-state index in [1.165, 1.54) is 0 Å². The second-order valence-electron chi connectivity index (χ2n) is 5.83. The van der Waals surface area contributed by atoms with Crippen molar-refractivity contribution in [1.82, 2.24) is 4.98 Å². The Labute approximate surface area is 165 Å². The number of rotatable bonds is 7. The summed E-state index contributed by atoms with van der Waals surface area (Å²) in [5.74, 6) is 0.155. The van der Waals surface area contributed by atoms with Gasteiger partial charge in [-0.3, -0.25) is 10.1 Å². The fourth-order valence-electron chi connectivity index (χ4n) is 2.24. The second-order valence-corrected chi connectivity index (χ2v) is 7.74. The van der Waals surface area contributed by atoms with Gasteiger partial charge >= 0.3 is 5.97 Å². The number of esters is 1. The van der Waals surface area contributed by atoms with Crippen LogP contribution in [0.15, 0.2) is 22.7 Å². The summed E-state index contributed by atoms with van der Waals surface area (Å²) in [6.07, 6.45) is 0. The number of anilines is 1. The molecule has 2 rings (SSSR count). The Morgan fingerprint density at radius 3 is 2.73 bits per heavy atom. The number of hydrogen-bond donors (Lipinski definition) is 1. The first-order valence-electron chi connectivity index (χ1n) is 8.18. The van der Waals surface area contributed by atoms with E-state index in [0.717, 1.165) is 21.4 Å². The number of aromatic nitrogens is 1. The Morgan fingerprint density at radius 1 is 1.35 bits per heavy atom. The molecule has 0 atom stereocenters. The van der Waals surface area contributed by atoms with Crippen LogP contribution >= 0.6 is 27.3 Å². The molecule has 0 spiro atoms. The lowest BCUT2D eigenvalue weighted by atomic mass is 10.0. The smallest absolute Gasteiger partial charge is 0.350 e. The summed E-state index contributed by atoms with van der Waals surface area (Å²) in [4.78, 5) is 28.5. The van der Waals surface area contributed by atoms with E-state index >= 15 is 0 Å². The van der Waals surface area contributed by atoms with E-state index < -0.39 is 5.97 Å². The summed E-state index contributed by atoms with van der Waals surface area (Å²) >= 11 is 4.53. The van der Waals surface area contributed by atoms with Crippen LogP contribution in [0.25, 0.3) is 0 Å². The van der Waals surface area contributed by atoms with E-state index in [-0.39, 0.29) is 25.0 Å². The average Bonchev–Trinajstić information content (AvgIpc) is 2.94. The van der Waals surface area contributed by atoms with Crippen molar-refractivity contribution in [2.75, 3.05) is 18.5 Å². The normalized spacial score (nSPS) is 10.7. The molecule has 0 aliphatic heterocycles. The van der Waals surface area contributed by atoms with Gasteiger partial charge in [0.1, 0.15) is 10.6 Å². The number of thiazole rings is 1. The van der Waals surface area contributed by atoms with Crippen molar-refractivity contribution in [2.45, 2.75) is 33.6 Å². The van der Waals surface area contributed by atoms with Gasteiger partial charge in [-0.15, -0.1) is 0 Å². The Bertz CT molecular complexity index is 804. The number of benzene rings is 1. The Balaban J connectivity index is 2.00. The highest BCUT2D eigenvalue weighted by molar-refractivity contribution is 9.10. The van der Waals surface area contributed by atoms with Gasteiger partial charge in [0.2, 0.25) is 0 Å². The predicted octanol–water partition coefficient (Wildman–Crippen LogP) is 4.53. The van der Waals surface area contributed by atoms with E-state index in [1.807, 2.05) is 18.2 Å². The topological polar surface area (TPSA) is 77.5 Å². The van der Waals surface area contributed by atoms with Crippen LogP contribution in [0.1, 0.15) is 47.6 Å². The van der Waals surface area contributed by atoms with Gasteiger partial charge < -0.3 is 9.47 Å². The van der Waals surface area contributed by atoms with Gasteiger partial charge in [-0.25, -0.2) is 9.78 Å². The first kappa shape index (κ1) is 20.4. The zero-order chi connectivity index (χ0) is 19.3. The predicted molar refractivity (Wildman–Crippen MR) is 105 cm³/mol. The molecule has 0 unspecified atom stereocenters. The monoisotopic (exact) mass is 440 g/mol. The maximum absolute atomic E-state index is 12.2. The largest absolute Gasteiger partial charge is 0.483 e. The van der Waals surface area contributed by atoms with Gasteiger partial charge in [0.15, 0.2) is 11.7 Å². The van der Waals surface area contributed by atoms with Gasteiger partial charge in [0.25, 0.3) is 5.91 Å². The van der Waals surface area contributed by atoms with Crippen molar-refractivity contribution in [3.8, 4) is 5.75 Å². The zero-order valence-corrected chi connectivity index (χ0v) is 17.5. The number of carbonyl (C=O) groups is 2. The molecular formula is C18H21BrN2O4S. The third-order valence-electron chi connectivity index (χ3n) is 3.46. The third kappa shape index (κ3) is 5.28. The van der Waals surface area contributed by atoms with Crippen LogP contribution in [0.3, 0.4) is 0 Å². The maximum Gasteiger partial charge on any atom is 0.350 e. The van der Waals surface area contributed by atoms with Gasteiger partial charge in [-0.2, -0.15) is 0 Å². The summed E-state index contributed by atoms with van der Waals surface area (Å²) in [6.45, 7) is 7.70. The molecule has 8 heteroatoms. The van der Waals surface area contributed by atoms with E-state index in [9.17, 15) is 9.59 Å². The second kappa shape index (κ2) is 9.14. The number of amides is 1. The minimum Gasteiger partial charge on any atom is -0.483 e. The van der Waals surface area contributed by atoms with Crippen LogP contribution in [0, 0.1) is 6.92 Å². The highest BCUT2D eigenvalue weighted by atomic mass is 79.9. The summed E-state index contributed by atoms with van der Waals surface area (Å²) < 4.78 is 11.6. The van der Waals surface area contributed by atoms with Crippen LogP contribution in [0.2, 0.25) is 0 Å². The fourth-order valence-corrected chi connectivity index (χ4v) is 3.49. The minimum absolute atomic E-state index is 0.144. The van der Waals surface area contributed by atoms with Crippen LogP contribution in [0.4, 0.5) is 5.13 Å². The summed E-state index contributed by atoms with van der Waals surface area (Å²) in [6, 6.07) is 5.68. The molecule has 1 aromatic heterocycles. The molecule has 1 heterocycles. The highest BCUT2D eigenvalue weighted by Crippen LogP contribution is 2.29.